The lowest BCUT2D eigenvalue weighted by Gasteiger charge is -2.17. The molecule has 0 radical (unpaired) electrons. The number of thioether (sulfide) groups is 1. The number of nitrogens with one attached hydrogen (secondary N) is 1. The molecule has 0 spiro atoms. The highest BCUT2D eigenvalue weighted by molar-refractivity contribution is 8.00. The van der Waals surface area contributed by atoms with Crippen molar-refractivity contribution in [2.75, 3.05) is 5.32 Å². The van der Waals surface area contributed by atoms with Gasteiger partial charge in [0.1, 0.15) is 0 Å². The van der Waals surface area contributed by atoms with E-state index >= 15 is 0 Å². The van der Waals surface area contributed by atoms with Gasteiger partial charge in [-0.3, -0.25) is 14.2 Å². The van der Waals surface area contributed by atoms with Crippen molar-refractivity contribution in [3.63, 3.8) is 0 Å². The number of hydrogen-bond acceptors (Lipinski definition) is 4. The number of aromatic nitrogens is 2. The Kier molecular flexibility index (Phi) is 6.42. The van der Waals surface area contributed by atoms with Gasteiger partial charge in [0.15, 0.2) is 5.16 Å². The van der Waals surface area contributed by atoms with Crippen LogP contribution in [0.3, 0.4) is 0 Å². The summed E-state index contributed by atoms with van der Waals surface area (Å²) in [6, 6.07) is 9.97. The summed E-state index contributed by atoms with van der Waals surface area (Å²) >= 11 is 6.67. The van der Waals surface area contributed by atoms with Crippen LogP contribution < -0.4 is 10.9 Å². The van der Waals surface area contributed by atoms with E-state index in [4.69, 9.17) is 11.6 Å². The van der Waals surface area contributed by atoms with Crippen LogP contribution in [0.1, 0.15) is 19.4 Å². The minimum absolute atomic E-state index is 0.0879. The molecule has 2 aromatic carbocycles. The van der Waals surface area contributed by atoms with Crippen LogP contribution in [0.4, 0.5) is 18.9 Å². The van der Waals surface area contributed by atoms with Crippen LogP contribution >= 0.6 is 23.4 Å². The van der Waals surface area contributed by atoms with Crippen LogP contribution in [-0.4, -0.2) is 20.7 Å². The van der Waals surface area contributed by atoms with Crippen LogP contribution in [0.2, 0.25) is 5.02 Å². The quantitative estimate of drug-likeness (QED) is 0.424. The molecule has 30 heavy (non-hydrogen) atoms. The summed E-state index contributed by atoms with van der Waals surface area (Å²) in [6.07, 6.45) is -4.67. The molecule has 158 valence electrons. The fourth-order valence-electron chi connectivity index (χ4n) is 2.82. The fourth-order valence-corrected chi connectivity index (χ4v) is 3.97. The Hall–Kier alpha value is -2.52. The summed E-state index contributed by atoms with van der Waals surface area (Å²) in [5.41, 5.74) is -1.17. The molecule has 1 N–H and O–H groups in total. The van der Waals surface area contributed by atoms with Gasteiger partial charge in [-0.25, -0.2) is 4.98 Å². The van der Waals surface area contributed by atoms with Gasteiger partial charge in [0.2, 0.25) is 5.91 Å². The monoisotopic (exact) mass is 455 g/mol. The number of fused-ring (bicyclic) bond motifs is 1. The number of para-hydroxylation sites is 1. The standard InChI is InChI=1S/C20H17ClF3N3O2S/c1-3-27-18(29)13-6-4-5-7-15(13)26-19(27)30-11(2)17(28)25-16-9-8-12(21)10-14(16)20(22,23)24/h4-11H,3H2,1-2H3,(H,25,28). The molecule has 0 aliphatic rings. The predicted molar refractivity (Wildman–Crippen MR) is 112 cm³/mol. The molecule has 1 atom stereocenters. The third kappa shape index (κ3) is 4.62. The van der Waals surface area contributed by atoms with E-state index in [1.54, 1.807) is 31.2 Å². The first kappa shape index (κ1) is 22.2. The van der Waals surface area contributed by atoms with E-state index < -0.39 is 22.9 Å². The van der Waals surface area contributed by atoms with Crippen LogP contribution in [0.25, 0.3) is 10.9 Å². The number of alkyl halides is 3. The van der Waals surface area contributed by atoms with Gasteiger partial charge in [-0.2, -0.15) is 13.2 Å². The zero-order valence-electron chi connectivity index (χ0n) is 16.0. The maximum atomic E-state index is 13.3. The van der Waals surface area contributed by atoms with E-state index in [9.17, 15) is 22.8 Å². The van der Waals surface area contributed by atoms with Crippen LogP contribution in [0, 0.1) is 0 Å². The molecule has 1 amide bonds. The van der Waals surface area contributed by atoms with Gasteiger partial charge >= 0.3 is 6.18 Å². The Morgan fingerprint density at radius 1 is 1.27 bits per heavy atom. The van der Waals surface area contributed by atoms with Gasteiger partial charge in [-0.1, -0.05) is 35.5 Å². The summed E-state index contributed by atoms with van der Waals surface area (Å²) in [6.45, 7) is 3.64. The van der Waals surface area contributed by atoms with Crippen molar-refractivity contribution in [2.45, 2.75) is 37.0 Å². The summed E-state index contributed by atoms with van der Waals surface area (Å²) in [5.74, 6) is -0.655. The Balaban J connectivity index is 1.88. The largest absolute Gasteiger partial charge is 0.418 e. The maximum absolute atomic E-state index is 13.3. The second kappa shape index (κ2) is 8.69. The van der Waals surface area contributed by atoms with Gasteiger partial charge in [-0.15, -0.1) is 0 Å². The van der Waals surface area contributed by atoms with E-state index in [-0.39, 0.29) is 16.3 Å². The third-order valence-corrected chi connectivity index (χ3v) is 5.66. The smallest absolute Gasteiger partial charge is 0.325 e. The van der Waals surface area contributed by atoms with Gasteiger partial charge in [0.25, 0.3) is 5.56 Å². The number of carbonyl (C=O) groups is 1. The zero-order valence-corrected chi connectivity index (χ0v) is 17.5. The van der Waals surface area contributed by atoms with E-state index in [0.717, 1.165) is 23.9 Å². The van der Waals surface area contributed by atoms with Crippen molar-refractivity contribution in [1.82, 2.24) is 9.55 Å². The zero-order chi connectivity index (χ0) is 22.1. The summed E-state index contributed by atoms with van der Waals surface area (Å²) in [5, 5.41) is 2.17. The Morgan fingerprint density at radius 3 is 2.63 bits per heavy atom. The highest BCUT2D eigenvalue weighted by atomic mass is 35.5. The Bertz CT molecular complexity index is 1160. The fraction of sp³-hybridized carbons (Fsp3) is 0.250. The number of halogens is 4. The first-order valence-electron chi connectivity index (χ1n) is 8.95. The van der Waals surface area contributed by atoms with Gasteiger partial charge in [-0.05, 0) is 44.2 Å². The van der Waals surface area contributed by atoms with Crippen LogP contribution in [0.15, 0.2) is 52.4 Å². The lowest BCUT2D eigenvalue weighted by Crippen LogP contribution is -2.27. The van der Waals surface area contributed by atoms with E-state index in [2.05, 4.69) is 10.3 Å². The number of rotatable bonds is 5. The highest BCUT2D eigenvalue weighted by Crippen LogP contribution is 2.37. The molecule has 1 aromatic heterocycles. The van der Waals surface area contributed by atoms with E-state index in [0.29, 0.717) is 22.6 Å². The number of carbonyl (C=O) groups excluding carboxylic acids is 1. The Morgan fingerprint density at radius 2 is 1.97 bits per heavy atom. The minimum atomic E-state index is -4.67. The molecule has 0 aliphatic heterocycles. The molecule has 1 heterocycles. The third-order valence-electron chi connectivity index (χ3n) is 4.34. The molecule has 0 saturated carbocycles. The van der Waals surface area contributed by atoms with Gasteiger partial charge in [0.05, 0.1) is 27.4 Å². The normalized spacial score (nSPS) is 12.7. The van der Waals surface area contributed by atoms with Crippen molar-refractivity contribution >= 4 is 45.9 Å². The molecule has 0 saturated heterocycles. The minimum Gasteiger partial charge on any atom is -0.325 e. The summed E-state index contributed by atoms with van der Waals surface area (Å²) < 4.78 is 41.2. The molecule has 3 rings (SSSR count). The van der Waals surface area contributed by atoms with Gasteiger partial charge in [0, 0.05) is 11.6 Å². The summed E-state index contributed by atoms with van der Waals surface area (Å²) in [7, 11) is 0. The van der Waals surface area contributed by atoms with Crippen molar-refractivity contribution in [3.8, 4) is 0 Å². The average Bonchev–Trinajstić information content (AvgIpc) is 2.68. The number of hydrogen-bond donors (Lipinski definition) is 1. The topological polar surface area (TPSA) is 64.0 Å². The van der Waals surface area contributed by atoms with Crippen molar-refractivity contribution in [1.29, 1.82) is 0 Å². The molecule has 0 bridgehead atoms. The molecule has 0 aliphatic carbocycles. The first-order chi connectivity index (χ1) is 14.1. The molecule has 10 heteroatoms. The number of anilines is 1. The van der Waals surface area contributed by atoms with Crippen molar-refractivity contribution in [3.05, 3.63) is 63.4 Å². The molecule has 1 unspecified atom stereocenters. The van der Waals surface area contributed by atoms with Crippen LogP contribution in [-0.2, 0) is 17.5 Å². The lowest BCUT2D eigenvalue weighted by atomic mass is 10.1. The molecular formula is C20H17ClF3N3O2S. The average molecular weight is 456 g/mol. The number of benzene rings is 2. The van der Waals surface area contributed by atoms with Gasteiger partial charge < -0.3 is 5.32 Å². The molecular weight excluding hydrogens is 439 g/mol. The van der Waals surface area contributed by atoms with E-state index in [1.165, 1.54) is 17.6 Å². The lowest BCUT2D eigenvalue weighted by molar-refractivity contribution is -0.137. The number of nitrogens with zero attached hydrogens (tertiary/aromatic N) is 2. The van der Waals surface area contributed by atoms with Crippen LogP contribution in [0.5, 0.6) is 0 Å². The van der Waals surface area contributed by atoms with Crippen molar-refractivity contribution in [2.24, 2.45) is 0 Å². The number of amides is 1. The van der Waals surface area contributed by atoms with Crippen molar-refractivity contribution < 1.29 is 18.0 Å². The Labute approximate surface area is 179 Å². The molecule has 3 aromatic rings. The second-order valence-electron chi connectivity index (χ2n) is 6.40. The summed E-state index contributed by atoms with van der Waals surface area (Å²) in [4.78, 5) is 29.7. The predicted octanol–water partition coefficient (Wildman–Crippen LogP) is 5.21. The SMILES string of the molecule is CCn1c(SC(C)C(=O)Nc2ccc(Cl)cc2C(F)(F)F)nc2ccccc2c1=O. The highest BCUT2D eigenvalue weighted by Gasteiger charge is 2.34. The molecule has 5 nitrogen and oxygen atoms in total. The first-order valence-corrected chi connectivity index (χ1v) is 10.2. The molecule has 0 fully saturated rings. The second-order valence-corrected chi connectivity index (χ2v) is 8.14. The van der Waals surface area contributed by atoms with E-state index in [1.807, 2.05) is 0 Å². The maximum Gasteiger partial charge on any atom is 0.418 e.